The lowest BCUT2D eigenvalue weighted by molar-refractivity contribution is -0.135. The molecule has 1 atom stereocenters. The van der Waals surface area contributed by atoms with Crippen LogP contribution in [0.2, 0.25) is 0 Å². The van der Waals surface area contributed by atoms with E-state index >= 15 is 0 Å². The van der Waals surface area contributed by atoms with Crippen LogP contribution in [0.5, 0.6) is 0 Å². The van der Waals surface area contributed by atoms with Gasteiger partial charge in [-0.3, -0.25) is 9.59 Å². The summed E-state index contributed by atoms with van der Waals surface area (Å²) in [5.74, 6) is -1.91. The normalized spacial score (nSPS) is 21.1. The lowest BCUT2D eigenvalue weighted by atomic mass is 10.0. The number of carbonyl (C=O) groups excluding carboxylic acids is 2. The Kier molecular flexibility index (Phi) is 6.35. The van der Waals surface area contributed by atoms with Crippen LogP contribution < -0.4 is 5.32 Å². The first-order valence-corrected chi connectivity index (χ1v) is 8.22. The summed E-state index contributed by atoms with van der Waals surface area (Å²) in [6, 6.07) is 1.97. The summed E-state index contributed by atoms with van der Waals surface area (Å²) in [6.07, 6.45) is 1.59. The van der Waals surface area contributed by atoms with Crippen LogP contribution in [0.25, 0.3) is 0 Å². The third-order valence-electron chi connectivity index (χ3n) is 4.73. The first-order valence-electron chi connectivity index (χ1n) is 8.22. The number of rotatable bonds is 2. The Labute approximate surface area is 151 Å². The van der Waals surface area contributed by atoms with E-state index in [2.05, 4.69) is 5.32 Å². The largest absolute Gasteiger partial charge is 0.336 e. The molecule has 2 aliphatic rings. The molecule has 1 aromatic carbocycles. The van der Waals surface area contributed by atoms with E-state index in [4.69, 9.17) is 0 Å². The number of piperazine rings is 1. The molecule has 8 heteroatoms. The topological polar surface area (TPSA) is 52.7 Å². The number of aryl methyl sites for hydroxylation is 1. The first kappa shape index (κ1) is 19.6. The van der Waals surface area contributed by atoms with Crippen LogP contribution in [0.4, 0.5) is 8.78 Å². The van der Waals surface area contributed by atoms with Crippen LogP contribution in [0.1, 0.15) is 28.8 Å². The van der Waals surface area contributed by atoms with Crippen molar-refractivity contribution < 1.29 is 18.4 Å². The third-order valence-corrected chi connectivity index (χ3v) is 4.73. The minimum Gasteiger partial charge on any atom is -0.336 e. The van der Waals surface area contributed by atoms with Crippen LogP contribution in [0.15, 0.2) is 12.1 Å². The fraction of sp³-hybridized carbons (Fsp3) is 0.529. The SMILES string of the molecule is Cc1cc(C(=O)N2CCCC(N3CCNCC3=O)C2)c(F)cc1F.Cl. The minimum atomic E-state index is -0.844. The molecule has 1 aromatic rings. The summed E-state index contributed by atoms with van der Waals surface area (Å²) in [7, 11) is 0. The van der Waals surface area contributed by atoms with Crippen molar-refractivity contribution in [2.24, 2.45) is 0 Å². The van der Waals surface area contributed by atoms with Gasteiger partial charge in [0.05, 0.1) is 12.1 Å². The number of piperidine rings is 1. The van der Waals surface area contributed by atoms with Crippen LogP contribution in [0.3, 0.4) is 0 Å². The molecule has 2 aliphatic heterocycles. The van der Waals surface area contributed by atoms with Gasteiger partial charge in [0.15, 0.2) is 0 Å². The predicted octanol–water partition coefficient (Wildman–Crippen LogP) is 1.73. The number of carbonyl (C=O) groups is 2. The maximum Gasteiger partial charge on any atom is 0.256 e. The van der Waals surface area contributed by atoms with Gasteiger partial charge in [-0.1, -0.05) is 0 Å². The van der Waals surface area contributed by atoms with Gasteiger partial charge in [-0.15, -0.1) is 12.4 Å². The Morgan fingerprint density at radius 3 is 2.72 bits per heavy atom. The van der Waals surface area contributed by atoms with Gasteiger partial charge in [-0.05, 0) is 31.4 Å². The highest BCUT2D eigenvalue weighted by atomic mass is 35.5. The van der Waals surface area contributed by atoms with Gasteiger partial charge in [0, 0.05) is 38.3 Å². The van der Waals surface area contributed by atoms with Gasteiger partial charge in [0.1, 0.15) is 11.6 Å². The smallest absolute Gasteiger partial charge is 0.256 e. The van der Waals surface area contributed by atoms with Gasteiger partial charge in [0.25, 0.3) is 5.91 Å². The molecule has 138 valence electrons. The molecular formula is C17H22ClF2N3O2. The third kappa shape index (κ3) is 4.10. The average Bonchev–Trinajstić information content (AvgIpc) is 2.58. The minimum absolute atomic E-state index is 0. The number of likely N-dealkylation sites (tertiary alicyclic amines) is 1. The number of halogens is 3. The number of nitrogens with one attached hydrogen (secondary N) is 1. The second-order valence-electron chi connectivity index (χ2n) is 6.39. The van der Waals surface area contributed by atoms with E-state index in [1.165, 1.54) is 13.0 Å². The van der Waals surface area contributed by atoms with E-state index in [0.717, 1.165) is 25.5 Å². The number of benzene rings is 1. The van der Waals surface area contributed by atoms with Crippen molar-refractivity contribution in [3.63, 3.8) is 0 Å². The molecule has 25 heavy (non-hydrogen) atoms. The lowest BCUT2D eigenvalue weighted by Gasteiger charge is -2.41. The Bertz CT molecular complexity index is 672. The molecule has 2 fully saturated rings. The molecule has 0 aliphatic carbocycles. The van der Waals surface area contributed by atoms with Crippen LogP contribution in [-0.4, -0.2) is 60.4 Å². The number of hydrogen-bond acceptors (Lipinski definition) is 3. The zero-order valence-electron chi connectivity index (χ0n) is 14.1. The molecule has 0 spiro atoms. The standard InChI is InChI=1S/C17H21F2N3O2.ClH/c1-11-7-13(15(19)8-14(11)18)17(24)21-5-2-3-12(10-21)22-6-4-20-9-16(22)23;/h7-8,12,20H,2-6,9-10H2,1H3;1H. The number of amides is 2. The lowest BCUT2D eigenvalue weighted by Crippen LogP contribution is -2.57. The van der Waals surface area contributed by atoms with Crippen LogP contribution in [0, 0.1) is 18.6 Å². The molecule has 2 saturated heterocycles. The Morgan fingerprint density at radius 1 is 1.24 bits per heavy atom. The molecule has 2 amide bonds. The summed E-state index contributed by atoms with van der Waals surface area (Å²) >= 11 is 0. The maximum atomic E-state index is 14.0. The van der Waals surface area contributed by atoms with E-state index < -0.39 is 17.5 Å². The average molecular weight is 374 g/mol. The molecule has 3 rings (SSSR count). The van der Waals surface area contributed by atoms with Crippen molar-refractivity contribution in [3.05, 3.63) is 34.9 Å². The Hall–Kier alpha value is -1.73. The van der Waals surface area contributed by atoms with Crippen molar-refractivity contribution in [3.8, 4) is 0 Å². The van der Waals surface area contributed by atoms with Gasteiger partial charge in [0.2, 0.25) is 5.91 Å². The highest BCUT2D eigenvalue weighted by molar-refractivity contribution is 5.95. The molecule has 2 heterocycles. The van der Waals surface area contributed by atoms with Crippen molar-refractivity contribution in [1.82, 2.24) is 15.1 Å². The van der Waals surface area contributed by atoms with Gasteiger partial charge >= 0.3 is 0 Å². The summed E-state index contributed by atoms with van der Waals surface area (Å²) < 4.78 is 27.4. The van der Waals surface area contributed by atoms with E-state index in [1.807, 2.05) is 4.90 Å². The van der Waals surface area contributed by atoms with E-state index in [-0.39, 0.29) is 35.5 Å². The van der Waals surface area contributed by atoms with Gasteiger partial charge < -0.3 is 15.1 Å². The van der Waals surface area contributed by atoms with Crippen molar-refractivity contribution >= 4 is 24.2 Å². The van der Waals surface area contributed by atoms with Gasteiger partial charge in [-0.25, -0.2) is 8.78 Å². The van der Waals surface area contributed by atoms with Gasteiger partial charge in [-0.2, -0.15) is 0 Å². The zero-order valence-corrected chi connectivity index (χ0v) is 14.9. The molecular weight excluding hydrogens is 352 g/mol. The highest BCUT2D eigenvalue weighted by Gasteiger charge is 2.32. The first-order chi connectivity index (χ1) is 11.5. The Balaban J connectivity index is 0.00000225. The molecule has 0 radical (unpaired) electrons. The van der Waals surface area contributed by atoms with E-state index in [0.29, 0.717) is 26.2 Å². The number of nitrogens with zero attached hydrogens (tertiary/aromatic N) is 2. The monoisotopic (exact) mass is 373 g/mol. The predicted molar refractivity (Wildman–Crippen MR) is 91.9 cm³/mol. The molecule has 1 unspecified atom stereocenters. The highest BCUT2D eigenvalue weighted by Crippen LogP contribution is 2.21. The fourth-order valence-electron chi connectivity index (χ4n) is 3.39. The van der Waals surface area contributed by atoms with Crippen LogP contribution in [-0.2, 0) is 4.79 Å². The molecule has 0 saturated carbocycles. The molecule has 5 nitrogen and oxygen atoms in total. The number of hydrogen-bond donors (Lipinski definition) is 1. The van der Waals surface area contributed by atoms with Crippen molar-refractivity contribution in [2.45, 2.75) is 25.8 Å². The van der Waals surface area contributed by atoms with Crippen molar-refractivity contribution in [1.29, 1.82) is 0 Å². The zero-order chi connectivity index (χ0) is 17.3. The second-order valence-corrected chi connectivity index (χ2v) is 6.39. The van der Waals surface area contributed by atoms with Crippen LogP contribution >= 0.6 is 12.4 Å². The summed E-state index contributed by atoms with van der Waals surface area (Å²) in [5, 5.41) is 3.03. The van der Waals surface area contributed by atoms with Crippen molar-refractivity contribution in [2.75, 3.05) is 32.7 Å². The summed E-state index contributed by atoms with van der Waals surface area (Å²) in [5.41, 5.74) is 0.131. The Morgan fingerprint density at radius 2 is 2.00 bits per heavy atom. The maximum absolute atomic E-state index is 14.0. The van der Waals surface area contributed by atoms with E-state index in [1.54, 1.807) is 4.90 Å². The fourth-order valence-corrected chi connectivity index (χ4v) is 3.39. The summed E-state index contributed by atoms with van der Waals surface area (Å²) in [4.78, 5) is 28.1. The quantitative estimate of drug-likeness (QED) is 0.859. The molecule has 0 bridgehead atoms. The molecule has 0 aromatic heterocycles. The second kappa shape index (κ2) is 8.10. The van der Waals surface area contributed by atoms with E-state index in [9.17, 15) is 18.4 Å². The summed E-state index contributed by atoms with van der Waals surface area (Å²) in [6.45, 7) is 4.09. The molecule has 1 N–H and O–H groups in total.